The smallest absolute Gasteiger partial charge is 0.0241 e. The number of nitrogens with zero attached hydrogens (tertiary/aromatic N) is 1. The van der Waals surface area contributed by atoms with E-state index in [9.17, 15) is 0 Å². The van der Waals surface area contributed by atoms with Gasteiger partial charge >= 0.3 is 0 Å². The summed E-state index contributed by atoms with van der Waals surface area (Å²) in [5.41, 5.74) is 13.6. The Balaban J connectivity index is 3.82. The van der Waals surface area contributed by atoms with Crippen LogP contribution in [0.4, 0.5) is 0 Å². The van der Waals surface area contributed by atoms with Crippen LogP contribution in [-0.4, -0.2) is 37.6 Å². The van der Waals surface area contributed by atoms with Gasteiger partial charge in [-0.1, -0.05) is 18.7 Å². The maximum Gasteiger partial charge on any atom is 0.0241 e. The van der Waals surface area contributed by atoms with E-state index in [2.05, 4.69) is 23.3 Å². The van der Waals surface area contributed by atoms with E-state index < -0.39 is 0 Å². The van der Waals surface area contributed by atoms with E-state index in [-0.39, 0.29) is 0 Å². The SMILES string of the molecule is C=C=CCN(CC=CCN)CCCN. The van der Waals surface area contributed by atoms with Crippen LogP contribution in [0.1, 0.15) is 6.42 Å². The van der Waals surface area contributed by atoms with Gasteiger partial charge in [-0.3, -0.25) is 4.90 Å². The molecule has 0 amide bonds. The summed E-state index contributed by atoms with van der Waals surface area (Å²) in [6, 6.07) is 0. The van der Waals surface area contributed by atoms with Gasteiger partial charge < -0.3 is 11.5 Å². The average Bonchev–Trinajstić information content (AvgIpc) is 2.21. The number of hydrogen-bond donors (Lipinski definition) is 2. The zero-order valence-electron chi connectivity index (χ0n) is 8.78. The first-order valence-electron chi connectivity index (χ1n) is 4.97. The van der Waals surface area contributed by atoms with Crippen molar-refractivity contribution in [1.29, 1.82) is 0 Å². The van der Waals surface area contributed by atoms with Crippen molar-refractivity contribution in [3.8, 4) is 0 Å². The molecule has 0 aromatic heterocycles. The van der Waals surface area contributed by atoms with Crippen LogP contribution in [-0.2, 0) is 0 Å². The second-order valence-corrected chi connectivity index (χ2v) is 3.02. The molecule has 0 aliphatic carbocycles. The number of hydrogen-bond acceptors (Lipinski definition) is 3. The first kappa shape index (κ1) is 13.1. The molecule has 0 radical (unpaired) electrons. The van der Waals surface area contributed by atoms with Crippen molar-refractivity contribution in [1.82, 2.24) is 4.90 Å². The van der Waals surface area contributed by atoms with Gasteiger partial charge in [-0.15, -0.1) is 5.73 Å². The first-order valence-corrected chi connectivity index (χ1v) is 4.97. The molecular formula is C11H21N3. The maximum atomic E-state index is 5.46. The fourth-order valence-corrected chi connectivity index (χ4v) is 1.09. The van der Waals surface area contributed by atoms with Gasteiger partial charge in [0.1, 0.15) is 0 Å². The summed E-state index contributed by atoms with van der Waals surface area (Å²) < 4.78 is 0. The van der Waals surface area contributed by atoms with Gasteiger partial charge in [-0.05, 0) is 19.0 Å². The lowest BCUT2D eigenvalue weighted by Gasteiger charge is -2.17. The zero-order chi connectivity index (χ0) is 10.6. The summed E-state index contributed by atoms with van der Waals surface area (Å²) in [4.78, 5) is 2.28. The summed E-state index contributed by atoms with van der Waals surface area (Å²) >= 11 is 0. The highest BCUT2D eigenvalue weighted by Crippen LogP contribution is 1.92. The largest absolute Gasteiger partial charge is 0.330 e. The third-order valence-corrected chi connectivity index (χ3v) is 1.84. The van der Waals surface area contributed by atoms with E-state index in [4.69, 9.17) is 11.5 Å². The Hall–Kier alpha value is -0.860. The predicted octanol–water partition coefficient (Wildman–Crippen LogP) is 0.493. The summed E-state index contributed by atoms with van der Waals surface area (Å²) in [5.74, 6) is 0. The second-order valence-electron chi connectivity index (χ2n) is 3.02. The molecular weight excluding hydrogens is 174 g/mol. The molecule has 0 atom stereocenters. The Kier molecular flexibility index (Phi) is 9.59. The van der Waals surface area contributed by atoms with Gasteiger partial charge in [-0.2, -0.15) is 0 Å². The zero-order valence-corrected chi connectivity index (χ0v) is 8.78. The second kappa shape index (κ2) is 10.2. The van der Waals surface area contributed by atoms with Crippen LogP contribution in [0, 0.1) is 0 Å². The number of nitrogens with two attached hydrogens (primary N) is 2. The maximum absolute atomic E-state index is 5.46. The molecule has 14 heavy (non-hydrogen) atoms. The van der Waals surface area contributed by atoms with Crippen LogP contribution in [0.2, 0.25) is 0 Å². The fourth-order valence-electron chi connectivity index (χ4n) is 1.09. The standard InChI is InChI=1S/C11H21N3/c1-2-3-9-14(11-6-8-13)10-5-4-7-12/h3-5H,1,6-13H2. The summed E-state index contributed by atoms with van der Waals surface area (Å²) in [5, 5.41) is 0. The Labute approximate surface area is 86.8 Å². The van der Waals surface area contributed by atoms with Crippen LogP contribution in [0.25, 0.3) is 0 Å². The molecule has 0 bridgehead atoms. The Bertz CT molecular complexity index is 193. The molecule has 0 unspecified atom stereocenters. The van der Waals surface area contributed by atoms with Gasteiger partial charge in [0.05, 0.1) is 0 Å². The van der Waals surface area contributed by atoms with Crippen LogP contribution >= 0.6 is 0 Å². The summed E-state index contributed by atoms with van der Waals surface area (Å²) in [7, 11) is 0. The highest BCUT2D eigenvalue weighted by molar-refractivity contribution is 4.88. The highest BCUT2D eigenvalue weighted by atomic mass is 15.1. The summed E-state index contributed by atoms with van der Waals surface area (Å²) in [6.07, 6.45) is 6.98. The Morgan fingerprint density at radius 2 is 2.00 bits per heavy atom. The van der Waals surface area contributed by atoms with Crippen molar-refractivity contribution in [2.75, 3.05) is 32.7 Å². The topological polar surface area (TPSA) is 55.3 Å². The van der Waals surface area contributed by atoms with E-state index in [1.165, 1.54) is 0 Å². The Morgan fingerprint density at radius 1 is 1.21 bits per heavy atom. The van der Waals surface area contributed by atoms with Gasteiger partial charge in [0.2, 0.25) is 0 Å². The van der Waals surface area contributed by atoms with Gasteiger partial charge in [-0.25, -0.2) is 0 Å². The van der Waals surface area contributed by atoms with Crippen LogP contribution in [0.15, 0.2) is 30.5 Å². The van der Waals surface area contributed by atoms with Crippen molar-refractivity contribution in [2.45, 2.75) is 6.42 Å². The summed E-state index contributed by atoms with van der Waals surface area (Å²) in [6.45, 7) is 7.66. The first-order chi connectivity index (χ1) is 6.85. The molecule has 80 valence electrons. The quantitative estimate of drug-likeness (QED) is 0.438. The number of rotatable bonds is 8. The molecule has 3 heteroatoms. The molecule has 0 aromatic carbocycles. The van der Waals surface area contributed by atoms with Crippen molar-refractivity contribution >= 4 is 0 Å². The molecule has 0 spiro atoms. The molecule has 0 aliphatic rings. The van der Waals surface area contributed by atoms with E-state index >= 15 is 0 Å². The molecule has 0 saturated carbocycles. The lowest BCUT2D eigenvalue weighted by molar-refractivity contribution is 0.332. The van der Waals surface area contributed by atoms with E-state index in [0.717, 1.165) is 32.6 Å². The minimum atomic E-state index is 0.599. The van der Waals surface area contributed by atoms with Crippen molar-refractivity contribution < 1.29 is 0 Å². The third-order valence-electron chi connectivity index (χ3n) is 1.84. The molecule has 0 aliphatic heterocycles. The normalized spacial score (nSPS) is 10.8. The molecule has 0 rings (SSSR count). The predicted molar refractivity (Wildman–Crippen MR) is 62.0 cm³/mol. The van der Waals surface area contributed by atoms with Crippen LogP contribution in [0.5, 0.6) is 0 Å². The molecule has 0 fully saturated rings. The molecule has 0 saturated heterocycles. The minimum Gasteiger partial charge on any atom is -0.330 e. The van der Waals surface area contributed by atoms with Crippen molar-refractivity contribution in [2.24, 2.45) is 11.5 Å². The van der Waals surface area contributed by atoms with Crippen molar-refractivity contribution in [3.63, 3.8) is 0 Å². The van der Waals surface area contributed by atoms with E-state index in [1.807, 2.05) is 12.2 Å². The lowest BCUT2D eigenvalue weighted by atomic mass is 10.3. The highest BCUT2D eigenvalue weighted by Gasteiger charge is 1.98. The molecule has 3 nitrogen and oxygen atoms in total. The third kappa shape index (κ3) is 7.77. The minimum absolute atomic E-state index is 0.599. The van der Waals surface area contributed by atoms with Crippen molar-refractivity contribution in [3.05, 3.63) is 30.5 Å². The average molecular weight is 195 g/mol. The van der Waals surface area contributed by atoms with E-state index in [0.29, 0.717) is 6.54 Å². The van der Waals surface area contributed by atoms with Gasteiger partial charge in [0, 0.05) is 26.2 Å². The molecule has 0 aromatic rings. The Morgan fingerprint density at radius 3 is 2.57 bits per heavy atom. The molecule has 4 N–H and O–H groups in total. The van der Waals surface area contributed by atoms with Gasteiger partial charge in [0.15, 0.2) is 0 Å². The molecule has 0 heterocycles. The van der Waals surface area contributed by atoms with Gasteiger partial charge in [0.25, 0.3) is 0 Å². The lowest BCUT2D eigenvalue weighted by Crippen LogP contribution is -2.26. The fraction of sp³-hybridized carbons (Fsp3) is 0.545. The van der Waals surface area contributed by atoms with E-state index in [1.54, 1.807) is 0 Å². The van der Waals surface area contributed by atoms with Crippen LogP contribution in [0.3, 0.4) is 0 Å². The van der Waals surface area contributed by atoms with Crippen LogP contribution < -0.4 is 11.5 Å². The monoisotopic (exact) mass is 195 g/mol.